The quantitative estimate of drug-likeness (QED) is 0.720. The Morgan fingerprint density at radius 3 is 2.57 bits per heavy atom. The maximum atomic E-state index is 14.6. The van der Waals surface area contributed by atoms with Crippen molar-refractivity contribution in [2.45, 2.75) is 18.8 Å². The van der Waals surface area contributed by atoms with Crippen LogP contribution in [0.2, 0.25) is 0 Å². The third kappa shape index (κ3) is 2.38. The molecule has 0 radical (unpaired) electrons. The lowest BCUT2D eigenvalue weighted by molar-refractivity contribution is 0.0697. The van der Waals surface area contributed by atoms with Gasteiger partial charge in [0.2, 0.25) is 0 Å². The summed E-state index contributed by atoms with van der Waals surface area (Å²) in [5.41, 5.74) is 2.63. The average molecular weight is 306 g/mol. The summed E-state index contributed by atoms with van der Waals surface area (Å²) in [6.45, 7) is 0. The van der Waals surface area contributed by atoms with Gasteiger partial charge in [-0.3, -0.25) is 0 Å². The smallest absolute Gasteiger partial charge is 0.335 e. The average Bonchev–Trinajstić information content (AvgIpc) is 3.38. The standard InChI is InChI=1S/C20H15FO2/c21-18-6-2-4-15(13-7-8-13)19(18)16-5-1-3-12-9-10-14(20(22)23)11-17(12)16/h1-6,9-11,13H,7-8H2,(H,22,23). The van der Waals surface area contributed by atoms with Crippen molar-refractivity contribution in [3.8, 4) is 11.1 Å². The van der Waals surface area contributed by atoms with E-state index in [0.29, 0.717) is 11.5 Å². The van der Waals surface area contributed by atoms with Gasteiger partial charge in [0.15, 0.2) is 0 Å². The predicted octanol–water partition coefficient (Wildman–Crippen LogP) is 5.22. The van der Waals surface area contributed by atoms with E-state index in [4.69, 9.17) is 0 Å². The molecule has 0 spiro atoms. The van der Waals surface area contributed by atoms with Gasteiger partial charge < -0.3 is 5.11 Å². The summed E-state index contributed by atoms with van der Waals surface area (Å²) < 4.78 is 14.6. The highest BCUT2D eigenvalue weighted by atomic mass is 19.1. The summed E-state index contributed by atoms with van der Waals surface area (Å²) in [7, 11) is 0. The SMILES string of the molecule is O=C(O)c1ccc2cccc(-c3c(F)cccc3C3CC3)c2c1. The van der Waals surface area contributed by atoms with Crippen LogP contribution in [-0.2, 0) is 0 Å². The van der Waals surface area contributed by atoms with Gasteiger partial charge in [-0.25, -0.2) is 9.18 Å². The fourth-order valence-corrected chi connectivity index (χ4v) is 3.18. The maximum Gasteiger partial charge on any atom is 0.335 e. The summed E-state index contributed by atoms with van der Waals surface area (Å²) in [6.07, 6.45) is 2.17. The Bertz CT molecular complexity index is 926. The molecule has 114 valence electrons. The van der Waals surface area contributed by atoms with E-state index in [9.17, 15) is 14.3 Å². The molecule has 0 amide bonds. The Morgan fingerprint density at radius 1 is 1.04 bits per heavy atom. The Morgan fingerprint density at radius 2 is 1.83 bits per heavy atom. The molecule has 3 heteroatoms. The first-order valence-electron chi connectivity index (χ1n) is 7.70. The Balaban J connectivity index is 2.03. The zero-order valence-electron chi connectivity index (χ0n) is 12.4. The third-order valence-corrected chi connectivity index (χ3v) is 4.46. The number of rotatable bonds is 3. The normalized spacial score (nSPS) is 14.1. The molecule has 0 atom stereocenters. The minimum absolute atomic E-state index is 0.217. The highest BCUT2D eigenvalue weighted by molar-refractivity contribution is 6.01. The lowest BCUT2D eigenvalue weighted by Crippen LogP contribution is -1.97. The van der Waals surface area contributed by atoms with Crippen LogP contribution in [0.15, 0.2) is 54.6 Å². The summed E-state index contributed by atoms with van der Waals surface area (Å²) in [4.78, 5) is 11.3. The van der Waals surface area contributed by atoms with E-state index >= 15 is 0 Å². The van der Waals surface area contributed by atoms with Gasteiger partial charge in [0.1, 0.15) is 5.82 Å². The number of aromatic carboxylic acids is 1. The fraction of sp³-hybridized carbons (Fsp3) is 0.150. The fourth-order valence-electron chi connectivity index (χ4n) is 3.18. The predicted molar refractivity (Wildman–Crippen MR) is 88.3 cm³/mol. The second-order valence-electron chi connectivity index (χ2n) is 6.02. The topological polar surface area (TPSA) is 37.3 Å². The van der Waals surface area contributed by atoms with Gasteiger partial charge in [0.25, 0.3) is 0 Å². The van der Waals surface area contributed by atoms with Gasteiger partial charge in [-0.2, -0.15) is 0 Å². The molecule has 0 aliphatic heterocycles. The molecule has 1 aliphatic carbocycles. The summed E-state index contributed by atoms with van der Waals surface area (Å²) in [5.74, 6) is -0.807. The number of halogens is 1. The van der Waals surface area contributed by atoms with Crippen molar-refractivity contribution in [2.75, 3.05) is 0 Å². The molecule has 0 unspecified atom stereocenters. The summed E-state index contributed by atoms with van der Waals surface area (Å²) >= 11 is 0. The van der Waals surface area contributed by atoms with E-state index < -0.39 is 5.97 Å². The van der Waals surface area contributed by atoms with Gasteiger partial charge in [-0.15, -0.1) is 0 Å². The zero-order chi connectivity index (χ0) is 16.0. The van der Waals surface area contributed by atoms with Crippen LogP contribution < -0.4 is 0 Å². The molecule has 0 saturated heterocycles. The molecule has 1 saturated carbocycles. The van der Waals surface area contributed by atoms with Crippen LogP contribution in [0, 0.1) is 5.82 Å². The van der Waals surface area contributed by atoms with Gasteiger partial charge in [-0.1, -0.05) is 36.4 Å². The number of benzene rings is 3. The summed E-state index contributed by atoms with van der Waals surface area (Å²) in [5, 5.41) is 10.9. The van der Waals surface area contributed by atoms with Crippen molar-refractivity contribution < 1.29 is 14.3 Å². The van der Waals surface area contributed by atoms with E-state index in [2.05, 4.69) is 0 Å². The zero-order valence-corrected chi connectivity index (χ0v) is 12.4. The van der Waals surface area contributed by atoms with Crippen LogP contribution in [0.1, 0.15) is 34.7 Å². The number of fused-ring (bicyclic) bond motifs is 1. The van der Waals surface area contributed by atoms with Crippen LogP contribution >= 0.6 is 0 Å². The highest BCUT2D eigenvalue weighted by Crippen LogP contribution is 2.46. The van der Waals surface area contributed by atoms with Crippen molar-refractivity contribution in [3.63, 3.8) is 0 Å². The van der Waals surface area contributed by atoms with Crippen LogP contribution in [0.4, 0.5) is 4.39 Å². The molecule has 4 rings (SSSR count). The lowest BCUT2D eigenvalue weighted by Gasteiger charge is -2.13. The van der Waals surface area contributed by atoms with Crippen LogP contribution in [0.3, 0.4) is 0 Å². The minimum Gasteiger partial charge on any atom is -0.478 e. The minimum atomic E-state index is -0.974. The van der Waals surface area contributed by atoms with Crippen molar-refractivity contribution in [3.05, 3.63) is 71.5 Å². The van der Waals surface area contributed by atoms with E-state index in [-0.39, 0.29) is 11.4 Å². The van der Waals surface area contributed by atoms with Crippen molar-refractivity contribution in [1.82, 2.24) is 0 Å². The van der Waals surface area contributed by atoms with Gasteiger partial charge >= 0.3 is 5.97 Å². The molecule has 0 bridgehead atoms. The second kappa shape index (κ2) is 5.20. The molecule has 23 heavy (non-hydrogen) atoms. The molecule has 0 heterocycles. The molecule has 1 fully saturated rings. The van der Waals surface area contributed by atoms with Crippen molar-refractivity contribution >= 4 is 16.7 Å². The van der Waals surface area contributed by atoms with E-state index in [1.807, 2.05) is 24.3 Å². The van der Waals surface area contributed by atoms with Crippen LogP contribution in [0.25, 0.3) is 21.9 Å². The first kappa shape index (κ1) is 13.9. The third-order valence-electron chi connectivity index (χ3n) is 4.46. The molecular weight excluding hydrogens is 291 g/mol. The molecule has 2 nitrogen and oxygen atoms in total. The number of carboxylic acid groups (broad SMARTS) is 1. The van der Waals surface area contributed by atoms with E-state index in [1.54, 1.807) is 24.3 Å². The maximum absolute atomic E-state index is 14.6. The Hall–Kier alpha value is -2.68. The van der Waals surface area contributed by atoms with Crippen molar-refractivity contribution in [1.29, 1.82) is 0 Å². The Kier molecular flexibility index (Phi) is 3.15. The van der Waals surface area contributed by atoms with Crippen molar-refractivity contribution in [2.24, 2.45) is 0 Å². The molecule has 3 aromatic carbocycles. The molecular formula is C20H15FO2. The second-order valence-corrected chi connectivity index (χ2v) is 6.02. The number of carboxylic acids is 1. The van der Waals surface area contributed by atoms with Crippen LogP contribution in [0.5, 0.6) is 0 Å². The van der Waals surface area contributed by atoms with E-state index in [0.717, 1.165) is 34.7 Å². The first-order valence-corrected chi connectivity index (χ1v) is 7.70. The van der Waals surface area contributed by atoms with Gasteiger partial charge in [0, 0.05) is 5.56 Å². The van der Waals surface area contributed by atoms with Gasteiger partial charge in [-0.05, 0) is 58.9 Å². The molecule has 1 N–H and O–H groups in total. The first-order chi connectivity index (χ1) is 11.1. The lowest BCUT2D eigenvalue weighted by atomic mass is 9.91. The summed E-state index contributed by atoms with van der Waals surface area (Å²) in [6, 6.07) is 15.9. The monoisotopic (exact) mass is 306 g/mol. The Labute approximate surface area is 133 Å². The molecule has 3 aromatic rings. The highest BCUT2D eigenvalue weighted by Gasteiger charge is 2.28. The molecule has 0 aromatic heterocycles. The van der Waals surface area contributed by atoms with E-state index in [1.165, 1.54) is 6.07 Å². The molecule has 1 aliphatic rings. The van der Waals surface area contributed by atoms with Gasteiger partial charge in [0.05, 0.1) is 5.56 Å². The number of carbonyl (C=O) groups is 1. The number of hydrogen-bond acceptors (Lipinski definition) is 1. The largest absolute Gasteiger partial charge is 0.478 e. The van der Waals surface area contributed by atoms with Crippen LogP contribution in [-0.4, -0.2) is 11.1 Å². The number of hydrogen-bond donors (Lipinski definition) is 1.